The Kier molecular flexibility index (Phi) is 6.17. The number of carbonyl (C=O) groups excluding carboxylic acids is 1. The van der Waals surface area contributed by atoms with E-state index in [1.165, 1.54) is 64.6 Å². The maximum absolute atomic E-state index is 11.9. The molecule has 4 rings (SSSR count). The number of carbonyl (C=O) groups is 1. The number of halogens is 1. The van der Waals surface area contributed by atoms with E-state index in [9.17, 15) is 4.79 Å². The number of nitrogens with zero attached hydrogens (tertiary/aromatic N) is 2. The van der Waals surface area contributed by atoms with Crippen molar-refractivity contribution in [2.24, 2.45) is 11.3 Å². The molecule has 1 unspecified atom stereocenters. The van der Waals surface area contributed by atoms with Crippen LogP contribution in [0.4, 0.5) is 4.79 Å². The first-order valence-corrected chi connectivity index (χ1v) is 10.1. The summed E-state index contributed by atoms with van der Waals surface area (Å²) in [7, 11) is 0. The number of rotatable bonds is 3. The summed E-state index contributed by atoms with van der Waals surface area (Å²) in [5.74, 6) is 0.906. The highest BCUT2D eigenvalue weighted by Crippen LogP contribution is 2.50. The maximum atomic E-state index is 11.9. The number of piperidine rings is 1. The number of ether oxygens (including phenoxy) is 1. The van der Waals surface area contributed by atoms with Gasteiger partial charge in [0.05, 0.1) is 6.61 Å². The van der Waals surface area contributed by atoms with Gasteiger partial charge in [-0.05, 0) is 82.8 Å². The molecular weight excluding hydrogens is 338 g/mol. The van der Waals surface area contributed by atoms with Crippen LogP contribution >= 0.6 is 12.4 Å². The predicted octanol–water partition coefficient (Wildman–Crippen LogP) is 2.88. The van der Waals surface area contributed by atoms with Gasteiger partial charge in [0.25, 0.3) is 0 Å². The third kappa shape index (κ3) is 3.93. The lowest BCUT2D eigenvalue weighted by atomic mass is 9.64. The highest BCUT2D eigenvalue weighted by Gasteiger charge is 2.51. The van der Waals surface area contributed by atoms with Crippen LogP contribution in [0.15, 0.2) is 0 Å². The smallest absolute Gasteiger partial charge is 0.409 e. The molecule has 144 valence electrons. The monoisotopic (exact) mass is 371 g/mol. The zero-order valence-corrected chi connectivity index (χ0v) is 16.4. The Labute approximate surface area is 158 Å². The molecule has 4 aliphatic rings. The van der Waals surface area contributed by atoms with E-state index in [4.69, 9.17) is 4.74 Å². The van der Waals surface area contributed by atoms with Crippen molar-refractivity contribution >= 4 is 18.5 Å². The zero-order valence-electron chi connectivity index (χ0n) is 15.5. The van der Waals surface area contributed by atoms with Crippen LogP contribution in [0, 0.1) is 11.3 Å². The van der Waals surface area contributed by atoms with Crippen molar-refractivity contribution in [1.29, 1.82) is 0 Å². The van der Waals surface area contributed by atoms with Crippen LogP contribution in [0.2, 0.25) is 0 Å². The summed E-state index contributed by atoms with van der Waals surface area (Å²) in [4.78, 5) is 16.6. The van der Waals surface area contributed by atoms with Crippen molar-refractivity contribution in [1.82, 2.24) is 15.1 Å². The summed E-state index contributed by atoms with van der Waals surface area (Å²) in [6, 6.07) is 1.57. The molecule has 3 saturated heterocycles. The molecule has 0 aromatic carbocycles. The number of amides is 1. The molecule has 25 heavy (non-hydrogen) atoms. The molecular formula is C19H34ClN3O2. The van der Waals surface area contributed by atoms with E-state index in [0.29, 0.717) is 12.0 Å². The van der Waals surface area contributed by atoms with Crippen molar-refractivity contribution in [2.75, 3.05) is 39.3 Å². The van der Waals surface area contributed by atoms with Gasteiger partial charge in [0.15, 0.2) is 0 Å². The Hall–Kier alpha value is -0.520. The molecule has 5 nitrogen and oxygen atoms in total. The summed E-state index contributed by atoms with van der Waals surface area (Å²) < 4.78 is 5.16. The van der Waals surface area contributed by atoms with Crippen molar-refractivity contribution in [3.8, 4) is 0 Å². The summed E-state index contributed by atoms with van der Waals surface area (Å²) in [5, 5.41) is 3.70. The fourth-order valence-electron chi connectivity index (χ4n) is 5.64. The maximum Gasteiger partial charge on any atom is 0.409 e. The van der Waals surface area contributed by atoms with E-state index in [1.54, 1.807) is 0 Å². The predicted molar refractivity (Wildman–Crippen MR) is 101 cm³/mol. The second-order valence-corrected chi connectivity index (χ2v) is 8.51. The molecule has 6 heteroatoms. The minimum absolute atomic E-state index is 0. The van der Waals surface area contributed by atoms with Gasteiger partial charge in [-0.25, -0.2) is 4.79 Å². The fraction of sp³-hybridized carbons (Fsp3) is 0.947. The summed E-state index contributed by atoms with van der Waals surface area (Å²) in [6.07, 6.45) is 9.14. The van der Waals surface area contributed by atoms with Crippen molar-refractivity contribution in [2.45, 2.75) is 64.0 Å². The molecule has 1 atom stereocenters. The lowest BCUT2D eigenvalue weighted by molar-refractivity contribution is -0.0115. The van der Waals surface area contributed by atoms with Crippen LogP contribution in [0.1, 0.15) is 51.9 Å². The fourth-order valence-corrected chi connectivity index (χ4v) is 5.64. The van der Waals surface area contributed by atoms with Crippen LogP contribution < -0.4 is 5.32 Å². The second-order valence-electron chi connectivity index (χ2n) is 8.51. The highest BCUT2D eigenvalue weighted by atomic mass is 35.5. The molecule has 0 aromatic heterocycles. The first-order chi connectivity index (χ1) is 11.7. The molecule has 1 aliphatic carbocycles. The highest BCUT2D eigenvalue weighted by molar-refractivity contribution is 5.85. The van der Waals surface area contributed by atoms with Gasteiger partial charge < -0.3 is 19.9 Å². The Morgan fingerprint density at radius 2 is 1.96 bits per heavy atom. The lowest BCUT2D eigenvalue weighted by Gasteiger charge is -2.52. The number of likely N-dealkylation sites (tertiary alicyclic amines) is 2. The van der Waals surface area contributed by atoms with E-state index >= 15 is 0 Å². The second kappa shape index (κ2) is 8.01. The Balaban J connectivity index is 0.00000182. The molecule has 1 saturated carbocycles. The van der Waals surface area contributed by atoms with Gasteiger partial charge in [0.2, 0.25) is 0 Å². The van der Waals surface area contributed by atoms with Crippen LogP contribution in [0.5, 0.6) is 0 Å². The molecule has 3 aliphatic heterocycles. The first-order valence-electron chi connectivity index (χ1n) is 10.1. The Bertz CT molecular complexity index is 456. The molecule has 0 bridgehead atoms. The molecule has 3 heterocycles. The van der Waals surface area contributed by atoms with E-state index in [1.807, 2.05) is 11.8 Å². The van der Waals surface area contributed by atoms with Crippen LogP contribution in [0.3, 0.4) is 0 Å². The van der Waals surface area contributed by atoms with Crippen molar-refractivity contribution in [3.05, 3.63) is 0 Å². The zero-order chi connectivity index (χ0) is 16.6. The quantitative estimate of drug-likeness (QED) is 0.828. The SMILES string of the molecule is CCOC(=O)N1CCC2(CC(N3CCC(C4CCCN4)CC3)C2)C1.Cl. The van der Waals surface area contributed by atoms with Gasteiger partial charge in [-0.15, -0.1) is 12.4 Å². The molecule has 1 N–H and O–H groups in total. The summed E-state index contributed by atoms with van der Waals surface area (Å²) in [6.45, 7) is 7.97. The van der Waals surface area contributed by atoms with E-state index in [0.717, 1.165) is 31.1 Å². The summed E-state index contributed by atoms with van der Waals surface area (Å²) >= 11 is 0. The number of hydrogen-bond acceptors (Lipinski definition) is 4. The van der Waals surface area contributed by atoms with Crippen LogP contribution in [-0.4, -0.2) is 67.3 Å². The topological polar surface area (TPSA) is 44.8 Å². The van der Waals surface area contributed by atoms with Gasteiger partial charge in [-0.2, -0.15) is 0 Å². The minimum atomic E-state index is -0.109. The van der Waals surface area contributed by atoms with E-state index < -0.39 is 0 Å². The first kappa shape index (κ1) is 19.2. The number of hydrogen-bond donors (Lipinski definition) is 1. The lowest BCUT2D eigenvalue weighted by Crippen LogP contribution is -2.55. The molecule has 0 aromatic rings. The summed E-state index contributed by atoms with van der Waals surface area (Å²) in [5.41, 5.74) is 0.404. The normalized spacial score (nSPS) is 36.3. The molecule has 0 radical (unpaired) electrons. The molecule has 1 spiro atoms. The third-order valence-corrected chi connectivity index (χ3v) is 7.06. The molecule has 1 amide bonds. The molecule has 4 fully saturated rings. The standard InChI is InChI=1S/C19H33N3O2.ClH/c1-2-24-18(23)22-11-7-19(14-22)12-16(13-19)21-9-5-15(6-10-21)17-4-3-8-20-17;/h15-17,20H,2-14H2,1H3;1H. The largest absolute Gasteiger partial charge is 0.450 e. The Morgan fingerprint density at radius 3 is 2.60 bits per heavy atom. The van der Waals surface area contributed by atoms with Gasteiger partial charge >= 0.3 is 6.09 Å². The van der Waals surface area contributed by atoms with Gasteiger partial charge in [-0.1, -0.05) is 0 Å². The van der Waals surface area contributed by atoms with Crippen molar-refractivity contribution < 1.29 is 9.53 Å². The van der Waals surface area contributed by atoms with E-state index in [-0.39, 0.29) is 18.5 Å². The van der Waals surface area contributed by atoms with Gasteiger partial charge in [-0.3, -0.25) is 0 Å². The van der Waals surface area contributed by atoms with E-state index in [2.05, 4.69) is 10.2 Å². The van der Waals surface area contributed by atoms with Crippen molar-refractivity contribution in [3.63, 3.8) is 0 Å². The van der Waals surface area contributed by atoms with Gasteiger partial charge in [0.1, 0.15) is 0 Å². The average molecular weight is 372 g/mol. The van der Waals surface area contributed by atoms with Crippen LogP contribution in [0.25, 0.3) is 0 Å². The Morgan fingerprint density at radius 1 is 1.20 bits per heavy atom. The van der Waals surface area contributed by atoms with Crippen LogP contribution in [-0.2, 0) is 4.74 Å². The minimum Gasteiger partial charge on any atom is -0.450 e. The third-order valence-electron chi connectivity index (χ3n) is 7.06. The average Bonchev–Trinajstić information content (AvgIpc) is 3.24. The number of nitrogens with one attached hydrogen (secondary N) is 1. The van der Waals surface area contributed by atoms with Gasteiger partial charge in [0, 0.05) is 25.2 Å².